The Labute approximate surface area is 91.1 Å². The van der Waals surface area contributed by atoms with Gasteiger partial charge in [0.05, 0.1) is 0 Å². The van der Waals surface area contributed by atoms with Crippen LogP contribution in [-0.2, 0) is 27.8 Å². The monoisotopic (exact) mass is 268 g/mol. The normalized spacial score (nSPS) is 12.6. The average molecular weight is 268 g/mol. The molecule has 2 atom stereocenters. The van der Waals surface area contributed by atoms with Crippen LogP contribution in [0.1, 0.15) is 0 Å². The van der Waals surface area contributed by atoms with Crippen molar-refractivity contribution >= 4 is 28.4 Å². The zero-order valence-electron chi connectivity index (χ0n) is 7.55. The summed E-state index contributed by atoms with van der Waals surface area (Å²) in [6, 6.07) is 0. The molecule has 86 valence electrons. The lowest BCUT2D eigenvalue weighted by molar-refractivity contribution is -0.130. The fraction of sp³-hybridized carbons (Fsp3) is 0. The number of hydrogen-bond donors (Lipinski definition) is 2. The van der Waals surface area contributed by atoms with Crippen molar-refractivity contribution in [2.75, 3.05) is 0 Å². The van der Waals surface area contributed by atoms with Crippen molar-refractivity contribution in [2.45, 2.75) is 0 Å². The van der Waals surface area contributed by atoms with Crippen LogP contribution >= 0.6 is 16.5 Å². The quantitative estimate of drug-likeness (QED) is 0.418. The van der Waals surface area contributed by atoms with Gasteiger partial charge in [-0.2, -0.15) is 9.05 Å². The first-order chi connectivity index (χ1) is 7.41. The Kier molecular flexibility index (Phi) is 7.07. The van der Waals surface area contributed by atoms with Gasteiger partial charge in [-0.05, 0) is 0 Å². The van der Waals surface area contributed by atoms with Crippen molar-refractivity contribution in [3.8, 4) is 0 Å². The summed E-state index contributed by atoms with van der Waals surface area (Å²) in [6.45, 7) is 0. The molecule has 10 heteroatoms. The van der Waals surface area contributed by atoms with E-state index in [1.54, 1.807) is 0 Å². The molecular weight excluding hydrogens is 262 g/mol. The molecule has 0 fully saturated rings. The standard InChI is InChI=1S/C6H4O8P2/c7-5(13-15(9)10)3-1-2-4-6(8)14-16(11)12/h1-4H/p+2/b3-1-,4-2-. The van der Waals surface area contributed by atoms with E-state index >= 15 is 0 Å². The molecule has 0 saturated carbocycles. The summed E-state index contributed by atoms with van der Waals surface area (Å²) in [6.07, 6.45) is 3.58. The highest BCUT2D eigenvalue weighted by atomic mass is 31.1. The lowest BCUT2D eigenvalue weighted by atomic mass is 10.4. The maximum Gasteiger partial charge on any atom is 0.750 e. The van der Waals surface area contributed by atoms with Gasteiger partial charge >= 0.3 is 28.4 Å². The van der Waals surface area contributed by atoms with Crippen LogP contribution in [0.4, 0.5) is 0 Å². The maximum atomic E-state index is 10.6. The van der Waals surface area contributed by atoms with Crippen LogP contribution in [0.3, 0.4) is 0 Å². The van der Waals surface area contributed by atoms with E-state index in [-0.39, 0.29) is 0 Å². The molecule has 2 N–H and O–H groups in total. The Bertz CT molecular complexity index is 335. The Morgan fingerprint density at radius 3 is 1.44 bits per heavy atom. The van der Waals surface area contributed by atoms with E-state index in [9.17, 15) is 18.7 Å². The van der Waals surface area contributed by atoms with Gasteiger partial charge < -0.3 is 0 Å². The largest absolute Gasteiger partial charge is 0.750 e. The molecule has 0 radical (unpaired) electrons. The van der Waals surface area contributed by atoms with Gasteiger partial charge in [-0.3, -0.25) is 0 Å². The van der Waals surface area contributed by atoms with Crippen molar-refractivity contribution in [1.82, 2.24) is 0 Å². The van der Waals surface area contributed by atoms with Crippen LogP contribution in [0.5, 0.6) is 0 Å². The first kappa shape index (κ1) is 14.5. The van der Waals surface area contributed by atoms with Gasteiger partial charge in [-0.15, -0.1) is 9.79 Å². The van der Waals surface area contributed by atoms with Gasteiger partial charge in [0.25, 0.3) is 0 Å². The molecule has 0 spiro atoms. The summed E-state index contributed by atoms with van der Waals surface area (Å²) >= 11 is 0. The van der Waals surface area contributed by atoms with Crippen molar-refractivity contribution < 1.29 is 37.6 Å². The number of rotatable bonds is 5. The highest BCUT2D eigenvalue weighted by Crippen LogP contribution is 2.15. The predicted molar refractivity (Wildman–Crippen MR) is 50.1 cm³/mol. The summed E-state index contributed by atoms with van der Waals surface area (Å²) in [5.74, 6) is -2.15. The van der Waals surface area contributed by atoms with Crippen LogP contribution in [0.15, 0.2) is 24.3 Å². The van der Waals surface area contributed by atoms with Crippen LogP contribution < -0.4 is 0 Å². The van der Waals surface area contributed by atoms with Gasteiger partial charge in [-0.1, -0.05) is 12.2 Å². The molecule has 0 amide bonds. The second-order valence-corrected chi connectivity index (χ2v) is 3.33. The molecule has 0 rings (SSSR count). The highest BCUT2D eigenvalue weighted by molar-refractivity contribution is 7.33. The third-order valence-electron chi connectivity index (χ3n) is 0.912. The van der Waals surface area contributed by atoms with E-state index in [1.807, 2.05) is 0 Å². The van der Waals surface area contributed by atoms with E-state index in [0.717, 1.165) is 24.3 Å². The predicted octanol–water partition coefficient (Wildman–Crippen LogP) is 0.485. The molecule has 0 aromatic carbocycles. The second-order valence-electron chi connectivity index (χ2n) is 2.01. The molecule has 2 unspecified atom stereocenters. The maximum absolute atomic E-state index is 10.6. The average Bonchev–Trinajstić information content (AvgIpc) is 2.10. The molecule has 0 aromatic heterocycles. The molecule has 0 aromatic rings. The van der Waals surface area contributed by atoms with Crippen LogP contribution in [0.2, 0.25) is 0 Å². The fourth-order valence-corrected chi connectivity index (χ4v) is 0.913. The zero-order valence-corrected chi connectivity index (χ0v) is 9.34. The minimum atomic E-state index is -3.02. The fourth-order valence-electron chi connectivity index (χ4n) is 0.483. The van der Waals surface area contributed by atoms with Crippen LogP contribution in [0, 0.1) is 0 Å². The molecule has 0 saturated heterocycles. The van der Waals surface area contributed by atoms with Crippen molar-refractivity contribution in [3.63, 3.8) is 0 Å². The van der Waals surface area contributed by atoms with E-state index < -0.39 is 28.4 Å². The first-order valence-corrected chi connectivity index (χ1v) is 5.78. The molecular formula is C6H6O8P2+2. The molecule has 0 aliphatic rings. The van der Waals surface area contributed by atoms with Gasteiger partial charge in [-0.25, -0.2) is 9.59 Å². The van der Waals surface area contributed by atoms with E-state index in [2.05, 4.69) is 9.05 Å². The van der Waals surface area contributed by atoms with Gasteiger partial charge in [0.15, 0.2) is 0 Å². The molecule has 0 bridgehead atoms. The summed E-state index contributed by atoms with van der Waals surface area (Å²) in [5.41, 5.74) is 0. The Morgan fingerprint density at radius 1 is 0.875 bits per heavy atom. The van der Waals surface area contributed by atoms with E-state index in [0.29, 0.717) is 0 Å². The minimum absolute atomic E-state index is 0.770. The summed E-state index contributed by atoms with van der Waals surface area (Å²) < 4.78 is 27.6. The third-order valence-corrected chi connectivity index (χ3v) is 1.58. The smallest absolute Gasteiger partial charge is 0.241 e. The zero-order chi connectivity index (χ0) is 12.6. The van der Waals surface area contributed by atoms with Crippen molar-refractivity contribution in [2.24, 2.45) is 0 Å². The molecule has 16 heavy (non-hydrogen) atoms. The lowest BCUT2D eigenvalue weighted by Gasteiger charge is -1.79. The number of carbonyl (C=O) groups excluding carboxylic acids is 2. The molecule has 0 aliphatic heterocycles. The number of carbonyl (C=O) groups is 2. The molecule has 8 nitrogen and oxygen atoms in total. The van der Waals surface area contributed by atoms with Gasteiger partial charge in [0.2, 0.25) is 0 Å². The highest BCUT2D eigenvalue weighted by Gasteiger charge is 2.18. The van der Waals surface area contributed by atoms with Crippen molar-refractivity contribution in [1.29, 1.82) is 0 Å². The van der Waals surface area contributed by atoms with Crippen LogP contribution in [0.25, 0.3) is 0 Å². The molecule has 0 heterocycles. The minimum Gasteiger partial charge on any atom is -0.241 e. The Hall–Kier alpha value is -1.46. The SMILES string of the molecule is O=C(/C=C\C=C/C(=O)O[P+](=O)O)O[P+](=O)O. The van der Waals surface area contributed by atoms with Crippen molar-refractivity contribution in [3.05, 3.63) is 24.3 Å². The summed E-state index contributed by atoms with van der Waals surface area (Å²) in [4.78, 5) is 37.5. The number of allylic oxidation sites excluding steroid dienone is 2. The van der Waals surface area contributed by atoms with Crippen LogP contribution in [-0.4, -0.2) is 21.7 Å². The van der Waals surface area contributed by atoms with Gasteiger partial charge in [0, 0.05) is 21.3 Å². The van der Waals surface area contributed by atoms with Gasteiger partial charge in [0.1, 0.15) is 0 Å². The third kappa shape index (κ3) is 9.11. The topological polar surface area (TPSA) is 127 Å². The summed E-state index contributed by atoms with van der Waals surface area (Å²) in [7, 11) is -6.05. The summed E-state index contributed by atoms with van der Waals surface area (Å²) in [5, 5.41) is 0. The van der Waals surface area contributed by atoms with E-state index in [1.165, 1.54) is 0 Å². The second kappa shape index (κ2) is 7.78. The Balaban J connectivity index is 4.04. The molecule has 0 aliphatic carbocycles. The lowest BCUT2D eigenvalue weighted by Crippen LogP contribution is -1.93. The number of hydrogen-bond acceptors (Lipinski definition) is 6. The Morgan fingerprint density at radius 2 is 1.19 bits per heavy atom. The first-order valence-electron chi connectivity index (χ1n) is 3.52. The van der Waals surface area contributed by atoms with E-state index in [4.69, 9.17) is 9.79 Å².